The maximum Gasteiger partial charge on any atom is 0.227 e. The molecule has 248 valence electrons. The van der Waals surface area contributed by atoms with Gasteiger partial charge in [-0.25, -0.2) is 4.98 Å². The summed E-state index contributed by atoms with van der Waals surface area (Å²) in [6.45, 7) is 6.12. The highest BCUT2D eigenvalue weighted by molar-refractivity contribution is 5.92. The Labute approximate surface area is 285 Å². The number of nitrogens with zero attached hydrogens (tertiary/aromatic N) is 4. The molecule has 1 fully saturated rings. The predicted octanol–water partition coefficient (Wildman–Crippen LogP) is 7.55. The molecule has 10 heteroatoms. The van der Waals surface area contributed by atoms with Gasteiger partial charge in [-0.1, -0.05) is 32.9 Å². The second kappa shape index (κ2) is 23.6. The van der Waals surface area contributed by atoms with Gasteiger partial charge in [-0.05, 0) is 136 Å². The third-order valence-corrected chi connectivity index (χ3v) is 5.30. The van der Waals surface area contributed by atoms with Crippen LogP contribution >= 0.6 is 0 Å². The highest BCUT2D eigenvalue weighted by Gasteiger charge is 2.27. The highest BCUT2D eigenvalue weighted by atomic mass is 16.7. The number of benzene rings is 1. The molecule has 1 heterocycles. The minimum absolute atomic E-state index is 0. The van der Waals surface area contributed by atoms with E-state index in [9.17, 15) is 9.90 Å². The Bertz CT molecular complexity index is 1910. The molecule has 46 heavy (non-hydrogen) atoms. The topological polar surface area (TPSA) is 162 Å². The molecule has 1 aromatic carbocycles. The number of carbonyl (C=O) groups is 1. The first-order valence-electron chi connectivity index (χ1n) is 13.2. The van der Waals surface area contributed by atoms with Crippen molar-refractivity contribution in [1.82, 2.24) is 9.55 Å². The van der Waals surface area contributed by atoms with Gasteiger partial charge in [-0.2, -0.15) is 0 Å². The Balaban J connectivity index is -0.0000000552. The number of para-hydroxylation sites is 1. The van der Waals surface area contributed by atoms with Crippen LogP contribution in [-0.2, 0) is 11.4 Å². The molecule has 0 radical (unpaired) electrons. The highest BCUT2D eigenvalue weighted by Crippen LogP contribution is 2.38. The van der Waals surface area contributed by atoms with Crippen molar-refractivity contribution in [3.05, 3.63) is 44.1 Å². The van der Waals surface area contributed by atoms with Crippen LogP contribution in [0.5, 0.6) is 0 Å². The van der Waals surface area contributed by atoms with E-state index in [1.807, 2.05) is 39.0 Å². The summed E-state index contributed by atoms with van der Waals surface area (Å²) in [7, 11) is 0. The lowest BCUT2D eigenvalue weighted by Crippen LogP contribution is -2.24. The number of terminal acetylenes is 2. The van der Waals surface area contributed by atoms with Gasteiger partial charge in [-0.3, -0.25) is 10.1 Å². The van der Waals surface area contributed by atoms with Crippen LogP contribution in [0.2, 0.25) is 0 Å². The molecule has 1 amide bonds. The zero-order chi connectivity index (χ0) is 34.6. The van der Waals surface area contributed by atoms with Gasteiger partial charge in [0.05, 0.1) is 17.6 Å². The van der Waals surface area contributed by atoms with E-state index in [1.165, 1.54) is 6.42 Å². The fourth-order valence-corrected chi connectivity index (χ4v) is 3.53. The smallest absolute Gasteiger partial charge is 0.227 e. The number of fused-ring (bicyclic) bond motifs is 1. The number of imidazole rings is 1. The lowest BCUT2D eigenvalue weighted by Gasteiger charge is -2.29. The Morgan fingerprint density at radius 1 is 0.978 bits per heavy atom. The van der Waals surface area contributed by atoms with E-state index in [1.54, 1.807) is 4.91 Å². The maximum atomic E-state index is 12.3. The monoisotopic (exact) mass is 630 g/mol. The van der Waals surface area contributed by atoms with Crippen molar-refractivity contribution in [2.75, 3.05) is 5.32 Å². The van der Waals surface area contributed by atoms with E-state index in [0.717, 1.165) is 29.4 Å². The fraction of sp³-hybridized carbons (Fsp3) is 0.278. The van der Waals surface area contributed by atoms with Gasteiger partial charge >= 0.3 is 0 Å². The maximum absolute atomic E-state index is 12.3. The Morgan fingerprint density at radius 3 is 1.76 bits per heavy atom. The molecule has 1 saturated carbocycles. The largest absolute Gasteiger partial charge is 0.392 e. The Kier molecular flexibility index (Phi) is 20.1. The number of amides is 1. The second-order valence-corrected chi connectivity index (χ2v) is 9.76. The van der Waals surface area contributed by atoms with Gasteiger partial charge in [-0.15, -0.1) is 18.4 Å². The van der Waals surface area contributed by atoms with Gasteiger partial charge in [0.2, 0.25) is 11.9 Å². The number of nitrogens with one attached hydrogen (secondary N) is 2. The van der Waals surface area contributed by atoms with Crippen LogP contribution in [0.15, 0.2) is 18.2 Å². The summed E-state index contributed by atoms with van der Waals surface area (Å²) in [5.41, 5.74) is 14.8. The van der Waals surface area contributed by atoms with Crippen molar-refractivity contribution < 1.29 is 25.6 Å². The molecule has 0 atom stereocenters. The third-order valence-electron chi connectivity index (χ3n) is 5.30. The van der Waals surface area contributed by atoms with E-state index in [2.05, 4.69) is 110 Å². The molecule has 0 aliphatic heterocycles. The van der Waals surface area contributed by atoms with Crippen molar-refractivity contribution in [3.8, 4) is 108 Å². The van der Waals surface area contributed by atoms with Gasteiger partial charge in [0, 0.05) is 43.6 Å². The Morgan fingerprint density at radius 2 is 1.41 bits per heavy atom. The third kappa shape index (κ3) is 15.9. The zero-order valence-corrected chi connectivity index (χ0v) is 25.5. The molecule has 1 aromatic heterocycles. The molecule has 0 spiro atoms. The summed E-state index contributed by atoms with van der Waals surface area (Å²) in [5, 5.41) is 12.6. The Hall–Kier alpha value is -6.93. The van der Waals surface area contributed by atoms with Crippen LogP contribution in [-0.4, -0.2) is 20.6 Å². The summed E-state index contributed by atoms with van der Waals surface area (Å²) in [4.78, 5) is 32.7. The zero-order valence-electron chi connectivity index (χ0n) is 25.5. The number of anilines is 1. The molecule has 0 bridgehead atoms. The first-order chi connectivity index (χ1) is 22.2. The first-order valence-corrected chi connectivity index (χ1v) is 13.2. The second-order valence-electron chi connectivity index (χ2n) is 9.76. The van der Waals surface area contributed by atoms with E-state index in [-0.39, 0.29) is 33.6 Å². The minimum Gasteiger partial charge on any atom is -0.392 e. The molecule has 3 N–H and O–H groups in total. The van der Waals surface area contributed by atoms with Crippen molar-refractivity contribution in [3.63, 3.8) is 0 Å². The van der Waals surface area contributed by atoms with Gasteiger partial charge in [0.25, 0.3) is 0 Å². The van der Waals surface area contributed by atoms with Gasteiger partial charge in [0.1, 0.15) is 0 Å². The number of aromatic nitrogens is 2. The van der Waals surface area contributed by atoms with Crippen LogP contribution in [0.3, 0.4) is 0 Å². The molecule has 2 aromatic rings. The van der Waals surface area contributed by atoms with Crippen molar-refractivity contribution in [2.24, 2.45) is 5.41 Å². The quantitative estimate of drug-likeness (QED) is 0.137. The number of hydrogen-bond acceptors (Lipinski definition) is 6. The average Bonchev–Trinajstić information content (AvgIpc) is 3.34. The molecule has 0 unspecified atom stereocenters. The van der Waals surface area contributed by atoms with Crippen molar-refractivity contribution in [2.45, 2.75) is 59.1 Å². The number of carbonyl (C=O) groups excluding carboxylic acids is 1. The summed E-state index contributed by atoms with van der Waals surface area (Å²) in [6, 6.07) is 6.10. The summed E-state index contributed by atoms with van der Waals surface area (Å²) in [5.74, 6) is 38.8. The molecule has 3 rings (SSSR count). The van der Waals surface area contributed by atoms with Crippen LogP contribution in [0, 0.1) is 128 Å². The van der Waals surface area contributed by atoms with E-state index in [4.69, 9.17) is 33.8 Å². The number of hydrogen-bond donors (Lipinski definition) is 3. The lowest BCUT2D eigenvalue weighted by molar-refractivity contribution is -0.117. The summed E-state index contributed by atoms with van der Waals surface area (Å²) >= 11 is 0. The fourth-order valence-electron chi connectivity index (χ4n) is 3.53. The van der Waals surface area contributed by atoms with Gasteiger partial charge in [0.15, 0.2) is 0 Å². The lowest BCUT2D eigenvalue weighted by atomic mass is 9.92. The molecule has 1 aliphatic carbocycles. The van der Waals surface area contributed by atoms with E-state index < -0.39 is 0 Å². The van der Waals surface area contributed by atoms with E-state index in [0.29, 0.717) is 18.4 Å². The van der Waals surface area contributed by atoms with Crippen LogP contribution in [0.25, 0.3) is 21.5 Å². The summed E-state index contributed by atoms with van der Waals surface area (Å²) in [6.07, 6.45) is 13.6. The number of aliphatic hydroxyl groups is 1. The molecular formula is C36H50N6O4. The predicted molar refractivity (Wildman–Crippen MR) is 203 cm³/mol. The molecular weight excluding hydrogens is 580 g/mol. The minimum atomic E-state index is -0.0618. The van der Waals surface area contributed by atoms with Crippen LogP contribution in [0.4, 0.5) is 5.95 Å². The van der Waals surface area contributed by atoms with Gasteiger partial charge < -0.3 is 9.67 Å². The van der Waals surface area contributed by atoms with E-state index >= 15 is 0 Å². The van der Waals surface area contributed by atoms with Crippen molar-refractivity contribution >= 4 is 22.9 Å². The number of rotatable bonds is 4. The van der Waals surface area contributed by atoms with Crippen LogP contribution in [0.1, 0.15) is 73.8 Å². The molecule has 0 saturated heterocycles. The molecule has 1 aliphatic rings. The first kappa shape index (κ1) is 39.1. The summed E-state index contributed by atoms with van der Waals surface area (Å²) < 4.78 is 2.12. The number of aliphatic hydroxyl groups excluding tert-OH is 1. The van der Waals surface area contributed by atoms with Crippen LogP contribution < -0.4 is 5.32 Å². The normalized spacial score (nSPS) is 9.52. The standard InChI is InChI=1S/C18H25N3O2.C18H2.HN3.O2.11H2/c1-18(2,3)10-15(23)20-17-19-14-9-4-6-12(11-22)16(14)21(17)13-7-5-8-13;1-3-5-7-9-11-13-15-17-18-16-14-12-10-8-6-4-2;1-3-2;1-2;;;;;;;;;;;/h4,6,9,13,22H,5,7-8,10-11H2,1-3H3,(H,19,20,23);1-2H;1H;;11*1H. The molecule has 10 nitrogen and oxygen atoms in total. The van der Waals surface area contributed by atoms with Crippen molar-refractivity contribution in [1.29, 1.82) is 5.53 Å². The average molecular weight is 631 g/mol. The SMILES string of the molecule is C#CC#CC#CC#CC#CC#CC#CC#CC#C.CC(C)(C)CC(=O)Nc1nc2cccc(CO)c2n1C1CCC1.O=O.[HH].[HH].[HH].[HH].[HH].[HH].[HH].[HH].[HH].[HH].[HH].[N-]=[N+]=N.